The van der Waals surface area contributed by atoms with Gasteiger partial charge in [-0.1, -0.05) is 27.0 Å². The van der Waals surface area contributed by atoms with Gasteiger partial charge in [0.15, 0.2) is 5.79 Å². The average molecular weight is 756 g/mol. The summed E-state index contributed by atoms with van der Waals surface area (Å²) in [7, 11) is 1.63. The first-order valence-electron chi connectivity index (χ1n) is 20.7. The van der Waals surface area contributed by atoms with Crippen molar-refractivity contribution in [1.82, 2.24) is 0 Å². The molecule has 300 valence electrons. The zero-order valence-corrected chi connectivity index (χ0v) is 32.5. The molecule has 9 rings (SSSR count). The predicted octanol–water partition coefficient (Wildman–Crippen LogP) is 5.03. The van der Waals surface area contributed by atoms with Crippen molar-refractivity contribution in [3.8, 4) is 0 Å². The standard InChI is InChI=1S/C42H61NO11/c1-8-27-13-21(2)23(4)32(48-27)18-33-30(36(46-7)34(50-33)17-26(45)20-43-6)16-25(44)15-28-9-10-31-37(49-28)41-40-39(51-31)38-35(52-40)19-42(53-38,54-41)12-11-29-14-22(3)24(5)47-29/h21,24,26-41,45H,3-4,8-20H2,1-2,5,7H3. The van der Waals surface area contributed by atoms with Crippen molar-refractivity contribution in [3.05, 3.63) is 35.7 Å². The summed E-state index contributed by atoms with van der Waals surface area (Å²) >= 11 is 0. The summed E-state index contributed by atoms with van der Waals surface area (Å²) in [6.45, 7) is 22.2. The van der Waals surface area contributed by atoms with Crippen molar-refractivity contribution in [2.24, 2.45) is 11.8 Å². The van der Waals surface area contributed by atoms with E-state index in [9.17, 15) is 9.90 Å². The van der Waals surface area contributed by atoms with Gasteiger partial charge in [-0.15, -0.1) is 0 Å². The van der Waals surface area contributed by atoms with E-state index in [0.29, 0.717) is 31.6 Å². The summed E-state index contributed by atoms with van der Waals surface area (Å²) in [6, 6.07) is 0. The maximum absolute atomic E-state index is 14.1. The summed E-state index contributed by atoms with van der Waals surface area (Å²) in [6.07, 6.45) is 3.89. The van der Waals surface area contributed by atoms with Gasteiger partial charge >= 0.3 is 0 Å². The fourth-order valence-corrected chi connectivity index (χ4v) is 10.9. The predicted molar refractivity (Wildman–Crippen MR) is 195 cm³/mol. The number of fused-ring (bicyclic) bond motifs is 1. The van der Waals surface area contributed by atoms with Crippen molar-refractivity contribution < 1.29 is 52.5 Å². The molecule has 9 fully saturated rings. The third-order valence-electron chi connectivity index (χ3n) is 13.9. The molecule has 12 nitrogen and oxygen atoms in total. The number of rotatable bonds is 14. The number of carbonyl (C=O) groups excluding carboxylic acids is 1. The lowest BCUT2D eigenvalue weighted by Gasteiger charge is -2.47. The lowest BCUT2D eigenvalue weighted by Crippen LogP contribution is -2.61. The van der Waals surface area contributed by atoms with E-state index in [0.717, 1.165) is 43.3 Å². The van der Waals surface area contributed by atoms with E-state index in [2.05, 4.69) is 38.8 Å². The molecule has 6 bridgehead atoms. The Labute approximate surface area is 320 Å². The molecule has 19 atom stereocenters. The second-order valence-electron chi connectivity index (χ2n) is 17.5. The lowest BCUT2D eigenvalue weighted by molar-refractivity contribution is -0.292. The average Bonchev–Trinajstić information content (AvgIpc) is 3.80. The van der Waals surface area contributed by atoms with Crippen molar-refractivity contribution in [3.63, 3.8) is 0 Å². The van der Waals surface area contributed by atoms with E-state index in [4.69, 9.17) is 49.2 Å². The van der Waals surface area contributed by atoms with Gasteiger partial charge in [-0.3, -0.25) is 4.79 Å². The number of hydrogen-bond acceptors (Lipinski definition) is 11. The van der Waals surface area contributed by atoms with Crippen molar-refractivity contribution >= 4 is 5.78 Å². The van der Waals surface area contributed by atoms with Gasteiger partial charge in [0.2, 0.25) is 6.54 Å². The largest absolute Gasteiger partial charge is 0.385 e. The number of ketones is 1. The summed E-state index contributed by atoms with van der Waals surface area (Å²) in [5.41, 5.74) is 2.18. The molecule has 0 aromatic heterocycles. The van der Waals surface area contributed by atoms with Crippen LogP contribution in [0.25, 0.3) is 4.85 Å². The molecule has 1 N–H and O–H groups in total. The Balaban J connectivity index is 0.934. The number of aliphatic hydroxyl groups excluding tert-OH is 1. The first-order chi connectivity index (χ1) is 26.0. The summed E-state index contributed by atoms with van der Waals surface area (Å²) in [5.74, 6) is -0.629. The number of hydrogen-bond donors (Lipinski definition) is 1. The third-order valence-corrected chi connectivity index (χ3v) is 13.9. The molecule has 0 radical (unpaired) electrons. The van der Waals surface area contributed by atoms with E-state index < -0.39 is 24.1 Å². The fraction of sp³-hybridized carbons (Fsp3) is 0.857. The van der Waals surface area contributed by atoms with Crippen molar-refractivity contribution in [2.75, 3.05) is 13.7 Å². The monoisotopic (exact) mass is 755 g/mol. The zero-order valence-electron chi connectivity index (χ0n) is 32.5. The highest BCUT2D eigenvalue weighted by Crippen LogP contribution is 2.54. The van der Waals surface area contributed by atoms with Gasteiger partial charge in [-0.2, -0.15) is 0 Å². The molecule has 0 spiro atoms. The van der Waals surface area contributed by atoms with E-state index in [1.807, 2.05) is 0 Å². The van der Waals surface area contributed by atoms with E-state index in [1.54, 1.807) is 7.11 Å². The van der Waals surface area contributed by atoms with Gasteiger partial charge in [0, 0.05) is 51.6 Å². The molecule has 0 aliphatic carbocycles. The number of nitrogens with zero attached hydrogens (tertiary/aromatic N) is 1. The molecule has 9 aliphatic rings. The fourth-order valence-electron chi connectivity index (χ4n) is 10.9. The highest BCUT2D eigenvalue weighted by molar-refractivity contribution is 5.79. The molecule has 0 amide bonds. The molecule has 12 heteroatoms. The van der Waals surface area contributed by atoms with Crippen LogP contribution in [0.15, 0.2) is 24.3 Å². The molecule has 9 aliphatic heterocycles. The van der Waals surface area contributed by atoms with Crippen molar-refractivity contribution in [2.45, 2.75) is 201 Å². The Bertz CT molecular complexity index is 1450. The third kappa shape index (κ3) is 7.52. The second-order valence-corrected chi connectivity index (χ2v) is 17.5. The maximum atomic E-state index is 14.1. The number of carbonyl (C=O) groups is 1. The van der Waals surface area contributed by atoms with Crippen LogP contribution >= 0.6 is 0 Å². The van der Waals surface area contributed by atoms with Crippen LogP contribution in [0.3, 0.4) is 0 Å². The van der Waals surface area contributed by atoms with E-state index in [-0.39, 0.29) is 117 Å². The lowest BCUT2D eigenvalue weighted by atomic mass is 9.81. The smallest absolute Gasteiger partial charge is 0.240 e. The van der Waals surface area contributed by atoms with Gasteiger partial charge in [-0.25, -0.2) is 6.57 Å². The number of Topliss-reactive ketones (excluding diaryl/α,β-unsaturated/α-hetero) is 1. The summed E-state index contributed by atoms with van der Waals surface area (Å²) < 4.78 is 59.0. The minimum absolute atomic E-state index is 0.00996. The van der Waals surface area contributed by atoms with Crippen LogP contribution < -0.4 is 0 Å². The Morgan fingerprint density at radius 3 is 2.46 bits per heavy atom. The molecule has 9 saturated heterocycles. The minimum atomic E-state index is -0.841. The van der Waals surface area contributed by atoms with Crippen LogP contribution in [0.1, 0.15) is 97.8 Å². The molecule has 0 aromatic rings. The Hall–Kier alpha value is -1.76. The number of ether oxygens (including phenoxy) is 9. The highest BCUT2D eigenvalue weighted by atomic mass is 16.8. The van der Waals surface area contributed by atoms with Crippen LogP contribution in [0.2, 0.25) is 0 Å². The SMILES string of the molecule is [C-]#[N+]CC(O)CC1OC(CC2OC(CC)CC(C)C2=C)C(CC(=O)CC2CCC3OC4C5OC6(CCC7CC(=C)C(C)O7)CC5OC4C(O6)C3O2)C1OC. The maximum Gasteiger partial charge on any atom is 0.240 e. The van der Waals surface area contributed by atoms with Crippen LogP contribution in [-0.4, -0.2) is 128 Å². The van der Waals surface area contributed by atoms with E-state index >= 15 is 0 Å². The molecule has 9 heterocycles. The first kappa shape index (κ1) is 39.1. The van der Waals surface area contributed by atoms with Crippen LogP contribution in [0, 0.1) is 18.4 Å². The molecule has 0 aromatic carbocycles. The van der Waals surface area contributed by atoms with Crippen LogP contribution in [-0.2, 0) is 47.4 Å². The Kier molecular flexibility index (Phi) is 11.5. The summed E-state index contributed by atoms with van der Waals surface area (Å²) in [5, 5.41) is 10.6. The van der Waals surface area contributed by atoms with Crippen LogP contribution in [0.4, 0.5) is 0 Å². The minimum Gasteiger partial charge on any atom is -0.385 e. The van der Waals surface area contributed by atoms with Crippen molar-refractivity contribution in [1.29, 1.82) is 0 Å². The van der Waals surface area contributed by atoms with Gasteiger partial charge < -0.3 is 52.6 Å². The molecular formula is C42H61NO11. The molecule has 19 unspecified atom stereocenters. The zero-order chi connectivity index (χ0) is 37.9. The van der Waals surface area contributed by atoms with Gasteiger partial charge in [0.1, 0.15) is 42.4 Å². The van der Waals surface area contributed by atoms with Gasteiger partial charge in [-0.05, 0) is 62.5 Å². The summed E-state index contributed by atoms with van der Waals surface area (Å²) in [4.78, 5) is 17.5. The van der Waals surface area contributed by atoms with E-state index in [1.165, 1.54) is 0 Å². The Morgan fingerprint density at radius 1 is 0.944 bits per heavy atom. The van der Waals surface area contributed by atoms with Crippen LogP contribution in [0.5, 0.6) is 0 Å². The molecule has 54 heavy (non-hydrogen) atoms. The van der Waals surface area contributed by atoms with Gasteiger partial charge in [0.25, 0.3) is 0 Å². The topological polar surface area (TPSA) is 125 Å². The number of methoxy groups -OCH3 is 1. The Morgan fingerprint density at radius 2 is 1.72 bits per heavy atom. The highest BCUT2D eigenvalue weighted by Gasteiger charge is 2.68. The normalized spacial score (nSPS) is 48.5. The van der Waals surface area contributed by atoms with Gasteiger partial charge in [0.05, 0.1) is 61.0 Å². The first-order valence-corrected chi connectivity index (χ1v) is 20.7. The quantitative estimate of drug-likeness (QED) is 0.190. The molecular weight excluding hydrogens is 694 g/mol. The second kappa shape index (κ2) is 15.9. The molecule has 0 saturated carbocycles. The number of aliphatic hydroxyl groups is 1.